The van der Waals surface area contributed by atoms with E-state index < -0.39 is 0 Å². The molecule has 0 saturated heterocycles. The van der Waals surface area contributed by atoms with Crippen molar-refractivity contribution in [1.82, 2.24) is 14.9 Å². The van der Waals surface area contributed by atoms with Gasteiger partial charge in [0.2, 0.25) is 0 Å². The lowest BCUT2D eigenvalue weighted by atomic mass is 10.1. The Morgan fingerprint density at radius 2 is 1.81 bits per heavy atom. The molecule has 27 heavy (non-hydrogen) atoms. The van der Waals surface area contributed by atoms with Gasteiger partial charge in [0.15, 0.2) is 11.5 Å². The quantitative estimate of drug-likeness (QED) is 0.849. The molecule has 0 bridgehead atoms. The van der Waals surface area contributed by atoms with Crippen LogP contribution < -0.4 is 15.5 Å². The second kappa shape index (κ2) is 7.82. The van der Waals surface area contributed by atoms with E-state index in [1.165, 1.54) is 0 Å². The molecule has 1 aromatic carbocycles. The summed E-state index contributed by atoms with van der Waals surface area (Å²) in [5.74, 6) is -0.184. The third-order valence-electron chi connectivity index (χ3n) is 4.60. The Bertz CT molecular complexity index is 837. The maximum Gasteiger partial charge on any atom is 0.287 e. The molecule has 0 aliphatic carbocycles. The third-order valence-corrected chi connectivity index (χ3v) is 4.60. The van der Waals surface area contributed by atoms with Crippen molar-refractivity contribution in [2.45, 2.75) is 45.7 Å². The van der Waals surface area contributed by atoms with Gasteiger partial charge in [-0.25, -0.2) is 4.98 Å². The number of nitrogens with one attached hydrogen (secondary N) is 2. The van der Waals surface area contributed by atoms with E-state index in [2.05, 4.69) is 15.6 Å². The first-order chi connectivity index (χ1) is 12.9. The lowest BCUT2D eigenvalue weighted by Crippen LogP contribution is -2.33. The van der Waals surface area contributed by atoms with Crippen LogP contribution in [0.25, 0.3) is 0 Å². The Balaban J connectivity index is 1.85. The van der Waals surface area contributed by atoms with Gasteiger partial charge in [-0.1, -0.05) is 0 Å². The van der Waals surface area contributed by atoms with Crippen LogP contribution in [0.5, 0.6) is 0 Å². The molecule has 2 N–H and O–H groups in total. The smallest absolute Gasteiger partial charge is 0.287 e. The van der Waals surface area contributed by atoms with Gasteiger partial charge in [-0.3, -0.25) is 9.59 Å². The highest BCUT2D eigenvalue weighted by Gasteiger charge is 2.27. The monoisotopic (exact) mass is 369 g/mol. The SMILES string of the molecule is CC(C)NC(=O)c1nc(C(=O)Nc2ccc(N(C)C)cc2)c2n1CCCC2. The molecule has 0 saturated carbocycles. The molecule has 2 aromatic rings. The summed E-state index contributed by atoms with van der Waals surface area (Å²) in [5.41, 5.74) is 2.95. The molecule has 2 amide bonds. The van der Waals surface area contributed by atoms with Gasteiger partial charge in [-0.2, -0.15) is 0 Å². The Labute approximate surface area is 159 Å². The van der Waals surface area contributed by atoms with Crippen molar-refractivity contribution < 1.29 is 9.59 Å². The summed E-state index contributed by atoms with van der Waals surface area (Å²) in [6, 6.07) is 7.63. The van der Waals surface area contributed by atoms with Crippen molar-refractivity contribution in [2.24, 2.45) is 0 Å². The van der Waals surface area contributed by atoms with Gasteiger partial charge in [0.25, 0.3) is 11.8 Å². The molecule has 0 unspecified atom stereocenters. The zero-order valence-electron chi connectivity index (χ0n) is 16.4. The van der Waals surface area contributed by atoms with Crippen LogP contribution in [0.2, 0.25) is 0 Å². The summed E-state index contributed by atoms with van der Waals surface area (Å²) in [5, 5.41) is 5.77. The van der Waals surface area contributed by atoms with Crippen molar-refractivity contribution >= 4 is 23.2 Å². The minimum atomic E-state index is -0.276. The van der Waals surface area contributed by atoms with Crippen LogP contribution >= 0.6 is 0 Å². The highest BCUT2D eigenvalue weighted by atomic mass is 16.2. The van der Waals surface area contributed by atoms with Gasteiger partial charge in [-0.15, -0.1) is 0 Å². The van der Waals surface area contributed by atoms with Crippen molar-refractivity contribution in [1.29, 1.82) is 0 Å². The fourth-order valence-electron chi connectivity index (χ4n) is 3.26. The number of imidazole rings is 1. The maximum atomic E-state index is 12.8. The van der Waals surface area contributed by atoms with Crippen LogP contribution in [0.15, 0.2) is 24.3 Å². The van der Waals surface area contributed by atoms with E-state index in [4.69, 9.17) is 0 Å². The number of benzene rings is 1. The molecule has 144 valence electrons. The van der Waals surface area contributed by atoms with Crippen LogP contribution in [0, 0.1) is 0 Å². The first kappa shape index (κ1) is 18.9. The van der Waals surface area contributed by atoms with E-state index in [1.807, 2.05) is 61.7 Å². The number of anilines is 2. The summed E-state index contributed by atoms with van der Waals surface area (Å²) >= 11 is 0. The zero-order valence-corrected chi connectivity index (χ0v) is 16.4. The highest BCUT2D eigenvalue weighted by molar-refractivity contribution is 6.05. The van der Waals surface area contributed by atoms with E-state index in [9.17, 15) is 9.59 Å². The van der Waals surface area contributed by atoms with Gasteiger partial charge in [0.1, 0.15) is 0 Å². The Kier molecular flexibility index (Phi) is 5.48. The second-order valence-electron chi connectivity index (χ2n) is 7.36. The molecule has 7 nitrogen and oxygen atoms in total. The number of carbonyl (C=O) groups excluding carboxylic acids is 2. The summed E-state index contributed by atoms with van der Waals surface area (Å²) in [6.07, 6.45) is 2.73. The standard InChI is InChI=1S/C20H27N5O2/c1-13(2)21-20(27)18-23-17(16-7-5-6-12-25(16)18)19(26)22-14-8-10-15(11-9-14)24(3)4/h8-11,13H,5-7,12H2,1-4H3,(H,21,27)(H,22,26). The van der Waals surface area contributed by atoms with E-state index in [-0.39, 0.29) is 17.9 Å². The van der Waals surface area contributed by atoms with Gasteiger partial charge in [0, 0.05) is 38.1 Å². The van der Waals surface area contributed by atoms with Crippen LogP contribution in [0.1, 0.15) is 53.5 Å². The van der Waals surface area contributed by atoms with Crippen LogP contribution in [-0.4, -0.2) is 41.5 Å². The highest BCUT2D eigenvalue weighted by Crippen LogP contribution is 2.23. The number of nitrogens with zero attached hydrogens (tertiary/aromatic N) is 3. The summed E-state index contributed by atoms with van der Waals surface area (Å²) < 4.78 is 1.89. The molecule has 1 aliphatic rings. The Morgan fingerprint density at radius 1 is 1.11 bits per heavy atom. The second-order valence-corrected chi connectivity index (χ2v) is 7.36. The molecule has 2 heterocycles. The van der Waals surface area contributed by atoms with Crippen molar-refractivity contribution in [2.75, 3.05) is 24.3 Å². The number of amides is 2. The van der Waals surface area contributed by atoms with E-state index in [1.54, 1.807) is 0 Å². The number of carbonyl (C=O) groups is 2. The molecule has 3 rings (SSSR count). The van der Waals surface area contributed by atoms with Crippen LogP contribution in [-0.2, 0) is 13.0 Å². The normalized spacial score (nSPS) is 13.2. The fraction of sp³-hybridized carbons (Fsp3) is 0.450. The molecule has 0 spiro atoms. The predicted molar refractivity (Wildman–Crippen MR) is 106 cm³/mol. The number of rotatable bonds is 5. The molecule has 0 atom stereocenters. The predicted octanol–water partition coefficient (Wildman–Crippen LogP) is 2.68. The van der Waals surface area contributed by atoms with Crippen molar-refractivity contribution in [3.8, 4) is 0 Å². The fourth-order valence-corrected chi connectivity index (χ4v) is 3.26. The first-order valence-electron chi connectivity index (χ1n) is 9.36. The number of hydrogen-bond acceptors (Lipinski definition) is 4. The molecule has 1 aromatic heterocycles. The van der Waals surface area contributed by atoms with Gasteiger partial charge >= 0.3 is 0 Å². The number of fused-ring (bicyclic) bond motifs is 1. The third kappa shape index (κ3) is 4.13. The first-order valence-corrected chi connectivity index (χ1v) is 9.36. The summed E-state index contributed by atoms with van der Waals surface area (Å²) in [7, 11) is 3.93. The Morgan fingerprint density at radius 3 is 2.44 bits per heavy atom. The van der Waals surface area contributed by atoms with Gasteiger partial charge in [-0.05, 0) is 57.4 Å². The average molecular weight is 369 g/mol. The summed E-state index contributed by atoms with van der Waals surface area (Å²) in [4.78, 5) is 31.7. The summed E-state index contributed by atoms with van der Waals surface area (Å²) in [6.45, 7) is 4.53. The number of hydrogen-bond donors (Lipinski definition) is 2. The lowest BCUT2D eigenvalue weighted by molar-refractivity contribution is 0.0927. The van der Waals surface area contributed by atoms with Crippen molar-refractivity contribution in [3.05, 3.63) is 41.5 Å². The van der Waals surface area contributed by atoms with Crippen LogP contribution in [0.3, 0.4) is 0 Å². The van der Waals surface area contributed by atoms with Crippen LogP contribution in [0.4, 0.5) is 11.4 Å². The topological polar surface area (TPSA) is 79.3 Å². The van der Waals surface area contributed by atoms with E-state index in [0.29, 0.717) is 23.8 Å². The lowest BCUT2D eigenvalue weighted by Gasteiger charge is -2.17. The zero-order chi connectivity index (χ0) is 19.6. The largest absolute Gasteiger partial charge is 0.378 e. The average Bonchev–Trinajstić information content (AvgIpc) is 3.01. The minimum Gasteiger partial charge on any atom is -0.378 e. The van der Waals surface area contributed by atoms with Crippen molar-refractivity contribution in [3.63, 3.8) is 0 Å². The molecular weight excluding hydrogens is 342 g/mol. The minimum absolute atomic E-state index is 0.0153. The van der Waals surface area contributed by atoms with Gasteiger partial charge < -0.3 is 20.1 Å². The molecule has 0 fully saturated rings. The van der Waals surface area contributed by atoms with E-state index >= 15 is 0 Å². The Hall–Kier alpha value is -2.83. The maximum absolute atomic E-state index is 12.8. The molecular formula is C20H27N5O2. The number of aromatic nitrogens is 2. The molecule has 0 radical (unpaired) electrons. The van der Waals surface area contributed by atoms with Gasteiger partial charge in [0.05, 0.1) is 5.69 Å². The molecule has 7 heteroatoms. The molecule has 1 aliphatic heterocycles. The van der Waals surface area contributed by atoms with E-state index in [0.717, 1.165) is 30.6 Å².